The average molecular weight is 457 g/mol. The first-order valence-corrected chi connectivity index (χ1v) is 13.4. The van der Waals surface area contributed by atoms with Crippen molar-refractivity contribution in [1.29, 1.82) is 0 Å². The van der Waals surface area contributed by atoms with Gasteiger partial charge in [0.15, 0.2) is 0 Å². The second kappa shape index (κ2) is 9.48. The molecule has 4 nitrogen and oxygen atoms in total. The van der Waals surface area contributed by atoms with Crippen LogP contribution in [-0.2, 0) is 11.2 Å². The number of piperidine rings is 1. The Morgan fingerprint density at radius 3 is 2.53 bits per heavy atom. The highest BCUT2D eigenvalue weighted by Crippen LogP contribution is 2.40. The van der Waals surface area contributed by atoms with Crippen LogP contribution < -0.4 is 10.2 Å². The van der Waals surface area contributed by atoms with E-state index in [1.54, 1.807) is 0 Å². The molecule has 178 valence electrons. The Hall–Kier alpha value is -2.75. The van der Waals surface area contributed by atoms with Crippen LogP contribution >= 0.6 is 0 Å². The van der Waals surface area contributed by atoms with E-state index in [1.807, 2.05) is 18.4 Å². The van der Waals surface area contributed by atoms with Crippen molar-refractivity contribution < 1.29 is 9.21 Å². The first-order chi connectivity index (χ1) is 16.8. The number of Topliss-reactive ketones (excluding diaryl/α,β-unsaturated/α-hetero) is 1. The minimum atomic E-state index is 0.125. The molecule has 3 heterocycles. The molecule has 0 bridgehead atoms. The topological polar surface area (TPSA) is 45.5 Å². The van der Waals surface area contributed by atoms with Crippen molar-refractivity contribution in [2.75, 3.05) is 23.3 Å². The SMILES string of the molecule is O=C(C1CCCCC1)C(C1CCN(c2coc3ccccc23)CC1)C1CCc2ccccc2N1. The maximum atomic E-state index is 14.0. The van der Waals surface area contributed by atoms with Crippen molar-refractivity contribution in [2.45, 2.75) is 63.8 Å². The molecule has 1 aliphatic carbocycles. The van der Waals surface area contributed by atoms with Gasteiger partial charge in [0, 0.05) is 42.0 Å². The number of rotatable bonds is 5. The summed E-state index contributed by atoms with van der Waals surface area (Å²) in [6, 6.07) is 17.2. The Morgan fingerprint density at radius 2 is 1.68 bits per heavy atom. The van der Waals surface area contributed by atoms with E-state index in [9.17, 15) is 4.79 Å². The molecule has 2 fully saturated rings. The number of nitrogens with one attached hydrogen (secondary N) is 1. The van der Waals surface area contributed by atoms with Gasteiger partial charge in [-0.25, -0.2) is 0 Å². The fourth-order valence-electron chi connectivity index (χ4n) is 6.86. The summed E-state index contributed by atoms with van der Waals surface area (Å²) in [7, 11) is 0. The average Bonchev–Trinajstić information content (AvgIpc) is 3.34. The molecule has 6 rings (SSSR count). The number of nitrogens with zero attached hydrogens (tertiary/aromatic N) is 1. The lowest BCUT2D eigenvalue weighted by molar-refractivity contribution is -0.130. The van der Waals surface area contributed by atoms with Gasteiger partial charge in [0.05, 0.1) is 5.69 Å². The van der Waals surface area contributed by atoms with Gasteiger partial charge in [0.1, 0.15) is 17.6 Å². The van der Waals surface area contributed by atoms with Crippen molar-refractivity contribution in [2.24, 2.45) is 17.8 Å². The lowest BCUT2D eigenvalue weighted by atomic mass is 9.70. The minimum absolute atomic E-state index is 0.125. The van der Waals surface area contributed by atoms with Gasteiger partial charge in [0.25, 0.3) is 0 Å². The number of carbonyl (C=O) groups excluding carboxylic acids is 1. The second-order valence-electron chi connectivity index (χ2n) is 10.7. The quantitative estimate of drug-likeness (QED) is 0.456. The predicted molar refractivity (Wildman–Crippen MR) is 138 cm³/mol. The normalized spacial score (nSPS) is 22.8. The Morgan fingerprint density at radius 1 is 0.912 bits per heavy atom. The van der Waals surface area contributed by atoms with Crippen LogP contribution in [0.15, 0.2) is 59.2 Å². The Kier molecular flexibility index (Phi) is 6.07. The van der Waals surface area contributed by atoms with Gasteiger partial charge in [-0.15, -0.1) is 0 Å². The van der Waals surface area contributed by atoms with Crippen molar-refractivity contribution in [3.05, 3.63) is 60.4 Å². The van der Waals surface area contributed by atoms with E-state index in [4.69, 9.17) is 4.42 Å². The van der Waals surface area contributed by atoms with E-state index in [-0.39, 0.29) is 17.9 Å². The number of para-hydroxylation sites is 2. The molecule has 0 amide bonds. The number of furan rings is 1. The fourth-order valence-corrected chi connectivity index (χ4v) is 6.86. The van der Waals surface area contributed by atoms with Crippen LogP contribution in [0, 0.1) is 17.8 Å². The number of benzene rings is 2. The third-order valence-electron chi connectivity index (χ3n) is 8.70. The molecule has 34 heavy (non-hydrogen) atoms. The monoisotopic (exact) mass is 456 g/mol. The number of hydrogen-bond donors (Lipinski definition) is 1. The maximum absolute atomic E-state index is 14.0. The van der Waals surface area contributed by atoms with E-state index >= 15 is 0 Å². The van der Waals surface area contributed by atoms with Crippen LogP contribution in [0.25, 0.3) is 11.0 Å². The minimum Gasteiger partial charge on any atom is -0.462 e. The molecular formula is C30H36N2O2. The number of carbonyl (C=O) groups is 1. The summed E-state index contributed by atoms with van der Waals surface area (Å²) < 4.78 is 5.82. The summed E-state index contributed by atoms with van der Waals surface area (Å²) in [5.74, 6) is 1.41. The lowest BCUT2D eigenvalue weighted by Gasteiger charge is -2.42. The van der Waals surface area contributed by atoms with Gasteiger partial charge in [-0.2, -0.15) is 0 Å². The number of anilines is 2. The number of ketones is 1. The number of fused-ring (bicyclic) bond motifs is 2. The van der Waals surface area contributed by atoms with E-state index in [2.05, 4.69) is 46.6 Å². The zero-order valence-corrected chi connectivity index (χ0v) is 20.0. The first-order valence-electron chi connectivity index (χ1n) is 13.4. The van der Waals surface area contributed by atoms with Gasteiger partial charge in [-0.3, -0.25) is 4.79 Å². The fraction of sp³-hybridized carbons (Fsp3) is 0.500. The van der Waals surface area contributed by atoms with Crippen LogP contribution in [0.5, 0.6) is 0 Å². The molecule has 1 saturated carbocycles. The van der Waals surface area contributed by atoms with Crippen LogP contribution in [0.4, 0.5) is 11.4 Å². The Balaban J connectivity index is 1.22. The molecule has 1 aromatic heterocycles. The van der Waals surface area contributed by atoms with Crippen molar-refractivity contribution in [3.8, 4) is 0 Å². The lowest BCUT2D eigenvalue weighted by Crippen LogP contribution is -2.47. The van der Waals surface area contributed by atoms with Crippen LogP contribution in [0.1, 0.15) is 56.9 Å². The number of aryl methyl sites for hydroxylation is 1. The molecule has 0 radical (unpaired) electrons. The van der Waals surface area contributed by atoms with Crippen molar-refractivity contribution >= 4 is 28.1 Å². The van der Waals surface area contributed by atoms with Gasteiger partial charge >= 0.3 is 0 Å². The molecule has 3 aromatic rings. The number of hydrogen-bond acceptors (Lipinski definition) is 4. The zero-order valence-electron chi connectivity index (χ0n) is 20.0. The zero-order chi connectivity index (χ0) is 22.9. The Labute approximate surface area is 202 Å². The van der Waals surface area contributed by atoms with Gasteiger partial charge < -0.3 is 14.6 Å². The predicted octanol–water partition coefficient (Wildman–Crippen LogP) is 6.84. The van der Waals surface area contributed by atoms with E-state index < -0.39 is 0 Å². The summed E-state index contributed by atoms with van der Waals surface area (Å²) in [5, 5.41) is 5.02. The van der Waals surface area contributed by atoms with Crippen molar-refractivity contribution in [3.63, 3.8) is 0 Å². The summed E-state index contributed by atoms with van der Waals surface area (Å²) >= 11 is 0. The summed E-state index contributed by atoms with van der Waals surface area (Å²) in [6.45, 7) is 1.98. The van der Waals surface area contributed by atoms with Crippen LogP contribution in [-0.4, -0.2) is 24.9 Å². The second-order valence-corrected chi connectivity index (χ2v) is 10.7. The Bertz CT molecular complexity index is 1140. The maximum Gasteiger partial charge on any atom is 0.141 e. The molecule has 2 aliphatic heterocycles. The standard InChI is InChI=1S/C30H36N2O2/c33-30(23-9-2-1-3-10-23)29(26-15-14-21-8-4-6-12-25(21)31-26)22-16-18-32(19-17-22)27-20-34-28-13-7-5-11-24(27)28/h4-8,11-13,20,22-23,26,29,31H,1-3,9-10,14-19H2. The highest BCUT2D eigenvalue weighted by molar-refractivity contribution is 5.91. The molecule has 0 spiro atoms. The molecule has 2 unspecified atom stereocenters. The summed E-state index contributed by atoms with van der Waals surface area (Å²) in [4.78, 5) is 16.5. The molecule has 4 heteroatoms. The molecule has 1 N–H and O–H groups in total. The highest BCUT2D eigenvalue weighted by Gasteiger charge is 2.41. The molecule has 3 aliphatic rings. The van der Waals surface area contributed by atoms with Crippen LogP contribution in [0.2, 0.25) is 0 Å². The summed E-state index contributed by atoms with van der Waals surface area (Å²) in [6.07, 6.45) is 12.1. The first kappa shape index (κ1) is 21.8. The van der Waals surface area contributed by atoms with Crippen LogP contribution in [0.3, 0.4) is 0 Å². The molecular weight excluding hydrogens is 420 g/mol. The van der Waals surface area contributed by atoms with E-state index in [0.29, 0.717) is 11.7 Å². The van der Waals surface area contributed by atoms with Gasteiger partial charge in [-0.05, 0) is 68.2 Å². The smallest absolute Gasteiger partial charge is 0.141 e. The highest BCUT2D eigenvalue weighted by atomic mass is 16.3. The third-order valence-corrected chi connectivity index (χ3v) is 8.70. The van der Waals surface area contributed by atoms with Gasteiger partial charge in [0.2, 0.25) is 0 Å². The third kappa shape index (κ3) is 4.12. The molecule has 2 atom stereocenters. The van der Waals surface area contributed by atoms with Gasteiger partial charge in [-0.1, -0.05) is 49.6 Å². The van der Waals surface area contributed by atoms with Crippen molar-refractivity contribution in [1.82, 2.24) is 0 Å². The van der Waals surface area contributed by atoms with E-state index in [1.165, 1.54) is 41.6 Å². The summed E-state index contributed by atoms with van der Waals surface area (Å²) in [5.41, 5.74) is 4.79. The molecule has 1 saturated heterocycles. The largest absolute Gasteiger partial charge is 0.462 e. The molecule has 2 aromatic carbocycles. The van der Waals surface area contributed by atoms with E-state index in [0.717, 1.165) is 57.2 Å².